The molecule has 4 nitrogen and oxygen atoms in total. The molecule has 1 aromatic rings. The van der Waals surface area contributed by atoms with Crippen LogP contribution in [0.15, 0.2) is 24.3 Å². The van der Waals surface area contributed by atoms with Gasteiger partial charge in [0.05, 0.1) is 6.26 Å². The Bertz CT molecular complexity index is 510. The van der Waals surface area contributed by atoms with E-state index in [1.165, 1.54) is 12.1 Å². The molecule has 17 heavy (non-hydrogen) atoms. The third-order valence-electron chi connectivity index (χ3n) is 2.39. The zero-order valence-corrected chi connectivity index (χ0v) is 10.7. The minimum Gasteiger partial charge on any atom is -0.270 e. The second kappa shape index (κ2) is 4.83. The summed E-state index contributed by atoms with van der Waals surface area (Å²) in [5, 5.41) is 0. The lowest BCUT2D eigenvalue weighted by atomic mass is 10.1. The lowest BCUT2D eigenvalue weighted by Crippen LogP contribution is -2.34. The maximum atomic E-state index is 13.8. The molecule has 94 valence electrons. The number of carbonyl (C=O) groups excluding carboxylic acids is 1. The summed E-state index contributed by atoms with van der Waals surface area (Å²) in [7, 11) is -2.68. The first kappa shape index (κ1) is 13.6. The number of hydrogen-bond acceptors (Lipinski definition) is 3. The number of hydrogen-bond donors (Lipinski definition) is 0. The molecule has 0 fully saturated rings. The average molecular weight is 259 g/mol. The topological polar surface area (TPSA) is 54.5 Å². The van der Waals surface area contributed by atoms with Crippen LogP contribution in [0.4, 0.5) is 4.39 Å². The molecule has 6 heteroatoms. The normalized spacial score (nSPS) is 13.2. The van der Waals surface area contributed by atoms with E-state index in [2.05, 4.69) is 0 Å². The van der Waals surface area contributed by atoms with Crippen LogP contribution in [0.2, 0.25) is 0 Å². The molecular weight excluding hydrogens is 245 g/mol. The molecule has 0 aliphatic carbocycles. The minimum absolute atomic E-state index is 0.149. The number of amides is 1. The number of aryl methyl sites for hydroxylation is 1. The highest BCUT2D eigenvalue weighted by Gasteiger charge is 2.28. The number of alkyl halides is 1. The number of sulfonamides is 1. The molecule has 0 aromatic heterocycles. The number of nitrogens with zero attached hydrogens (tertiary/aromatic N) is 1. The first-order valence-corrected chi connectivity index (χ1v) is 6.76. The lowest BCUT2D eigenvalue weighted by Gasteiger charge is -2.17. The fraction of sp³-hybridized carbons (Fsp3) is 0.364. The van der Waals surface area contributed by atoms with Crippen LogP contribution in [0, 0.1) is 6.92 Å². The first-order valence-electron chi connectivity index (χ1n) is 4.92. The van der Waals surface area contributed by atoms with Crippen LogP contribution in [0.3, 0.4) is 0 Å². The smallest absolute Gasteiger partial charge is 0.270 e. The van der Waals surface area contributed by atoms with Crippen molar-refractivity contribution in [3.63, 3.8) is 0 Å². The number of halogens is 1. The van der Waals surface area contributed by atoms with Crippen LogP contribution in [-0.2, 0) is 14.8 Å². The second-order valence-corrected chi connectivity index (χ2v) is 5.86. The van der Waals surface area contributed by atoms with Gasteiger partial charge in [0.2, 0.25) is 16.2 Å². The minimum atomic E-state index is -3.72. The highest BCUT2D eigenvalue weighted by molar-refractivity contribution is 7.88. The van der Waals surface area contributed by atoms with E-state index in [1.807, 2.05) is 6.92 Å². The van der Waals surface area contributed by atoms with Crippen LogP contribution in [0.25, 0.3) is 0 Å². The van der Waals surface area contributed by atoms with Gasteiger partial charge in [-0.1, -0.05) is 29.8 Å². The zero-order valence-electron chi connectivity index (χ0n) is 9.84. The molecule has 0 spiro atoms. The molecule has 1 unspecified atom stereocenters. The van der Waals surface area contributed by atoms with Gasteiger partial charge in [-0.25, -0.2) is 17.1 Å². The maximum Gasteiger partial charge on any atom is 0.274 e. The molecule has 0 aliphatic rings. The monoisotopic (exact) mass is 259 g/mol. The summed E-state index contributed by atoms with van der Waals surface area (Å²) >= 11 is 0. The summed E-state index contributed by atoms with van der Waals surface area (Å²) in [6.45, 7) is 1.83. The molecule has 1 rings (SSSR count). The van der Waals surface area contributed by atoms with Gasteiger partial charge < -0.3 is 0 Å². The standard InChI is InChI=1S/C11H14FNO3S/c1-8-4-6-9(7-5-8)10(12)11(14)13(2)17(3,15)16/h4-7,10H,1-3H3. The summed E-state index contributed by atoms with van der Waals surface area (Å²) in [6, 6.07) is 6.26. The third kappa shape index (κ3) is 3.26. The third-order valence-corrected chi connectivity index (χ3v) is 3.57. The highest BCUT2D eigenvalue weighted by atomic mass is 32.2. The van der Waals surface area contributed by atoms with Gasteiger partial charge in [0.25, 0.3) is 5.91 Å². The fourth-order valence-corrected chi connectivity index (χ4v) is 1.62. The predicted molar refractivity (Wildman–Crippen MR) is 62.6 cm³/mol. The van der Waals surface area contributed by atoms with Gasteiger partial charge in [0.15, 0.2) is 0 Å². The summed E-state index contributed by atoms with van der Waals surface area (Å²) in [5.41, 5.74) is 1.08. The molecule has 0 heterocycles. The van der Waals surface area contributed by atoms with Gasteiger partial charge in [0.1, 0.15) is 0 Å². The van der Waals surface area contributed by atoms with E-state index < -0.39 is 22.1 Å². The summed E-state index contributed by atoms with van der Waals surface area (Å²) < 4.78 is 36.4. The molecule has 1 aromatic carbocycles. The van der Waals surface area contributed by atoms with Crippen molar-refractivity contribution >= 4 is 15.9 Å². The van der Waals surface area contributed by atoms with E-state index in [9.17, 15) is 17.6 Å². The molecule has 0 radical (unpaired) electrons. The van der Waals surface area contributed by atoms with Gasteiger partial charge in [-0.2, -0.15) is 0 Å². The molecule has 0 N–H and O–H groups in total. The van der Waals surface area contributed by atoms with E-state index in [4.69, 9.17) is 0 Å². The Morgan fingerprint density at radius 1 is 1.29 bits per heavy atom. The molecule has 1 atom stereocenters. The Kier molecular flexibility index (Phi) is 3.87. The summed E-state index contributed by atoms with van der Waals surface area (Å²) in [5.74, 6) is -1.09. The Labute approximate surface area is 100 Å². The number of rotatable bonds is 3. The number of benzene rings is 1. The van der Waals surface area contributed by atoms with Crippen LogP contribution in [0.5, 0.6) is 0 Å². The predicted octanol–water partition coefficient (Wildman–Crippen LogP) is 1.42. The van der Waals surface area contributed by atoms with Crippen molar-refractivity contribution in [2.75, 3.05) is 13.3 Å². The van der Waals surface area contributed by atoms with Gasteiger partial charge in [-0.05, 0) is 12.5 Å². The zero-order chi connectivity index (χ0) is 13.2. The highest BCUT2D eigenvalue weighted by Crippen LogP contribution is 2.20. The molecule has 0 aliphatic heterocycles. The van der Waals surface area contributed by atoms with Crippen LogP contribution < -0.4 is 0 Å². The van der Waals surface area contributed by atoms with E-state index in [1.54, 1.807) is 12.1 Å². The number of carbonyl (C=O) groups is 1. The van der Waals surface area contributed by atoms with Crippen molar-refractivity contribution in [2.45, 2.75) is 13.1 Å². The maximum absolute atomic E-state index is 13.8. The van der Waals surface area contributed by atoms with Gasteiger partial charge in [0, 0.05) is 7.05 Å². The van der Waals surface area contributed by atoms with E-state index >= 15 is 0 Å². The Balaban J connectivity index is 2.94. The van der Waals surface area contributed by atoms with Gasteiger partial charge in [-0.3, -0.25) is 4.79 Å². The quantitative estimate of drug-likeness (QED) is 0.825. The molecular formula is C11H14FNO3S. The van der Waals surface area contributed by atoms with Crippen LogP contribution in [-0.4, -0.2) is 31.9 Å². The second-order valence-electron chi connectivity index (χ2n) is 3.84. The summed E-state index contributed by atoms with van der Waals surface area (Å²) in [4.78, 5) is 11.5. The van der Waals surface area contributed by atoms with Crippen molar-refractivity contribution in [1.82, 2.24) is 4.31 Å². The lowest BCUT2D eigenvalue weighted by molar-refractivity contribution is -0.130. The van der Waals surface area contributed by atoms with E-state index in [-0.39, 0.29) is 5.56 Å². The summed E-state index contributed by atoms with van der Waals surface area (Å²) in [6.07, 6.45) is -1.11. The van der Waals surface area contributed by atoms with E-state index in [0.29, 0.717) is 4.31 Å². The fourth-order valence-electron chi connectivity index (χ4n) is 1.20. The Morgan fingerprint density at radius 3 is 2.18 bits per heavy atom. The van der Waals surface area contributed by atoms with Crippen LogP contribution in [0.1, 0.15) is 17.3 Å². The molecule has 1 amide bonds. The SMILES string of the molecule is Cc1ccc(C(F)C(=O)N(C)S(C)(=O)=O)cc1. The van der Waals surface area contributed by atoms with E-state index in [0.717, 1.165) is 18.9 Å². The first-order chi connectivity index (χ1) is 7.73. The largest absolute Gasteiger partial charge is 0.274 e. The van der Waals surface area contributed by atoms with Crippen LogP contribution >= 0.6 is 0 Å². The molecule has 0 bridgehead atoms. The molecule has 0 saturated heterocycles. The Hall–Kier alpha value is -1.43. The van der Waals surface area contributed by atoms with Crippen molar-refractivity contribution < 1.29 is 17.6 Å². The van der Waals surface area contributed by atoms with Gasteiger partial charge in [-0.15, -0.1) is 0 Å². The Morgan fingerprint density at radius 2 is 1.76 bits per heavy atom. The average Bonchev–Trinajstić information content (AvgIpc) is 2.26. The van der Waals surface area contributed by atoms with Crippen molar-refractivity contribution in [3.05, 3.63) is 35.4 Å². The van der Waals surface area contributed by atoms with Crippen molar-refractivity contribution in [2.24, 2.45) is 0 Å². The molecule has 0 saturated carbocycles. The van der Waals surface area contributed by atoms with Gasteiger partial charge >= 0.3 is 0 Å². The van der Waals surface area contributed by atoms with Crippen molar-refractivity contribution in [3.8, 4) is 0 Å². The number of likely N-dealkylation sites (N-methyl/N-ethyl adjacent to an activating group) is 1. The van der Waals surface area contributed by atoms with Crippen molar-refractivity contribution in [1.29, 1.82) is 0 Å².